The minimum atomic E-state index is -0.00162. The van der Waals surface area contributed by atoms with Gasteiger partial charge in [0.25, 0.3) is 5.91 Å². The Labute approximate surface area is 106 Å². The van der Waals surface area contributed by atoms with Crippen LogP contribution >= 0.6 is 11.3 Å². The number of aliphatic hydroxyl groups is 1. The fraction of sp³-hybridized carbons (Fsp3) is 0.583. The number of hydrogen-bond donors (Lipinski definition) is 2. The second-order valence-electron chi connectivity index (χ2n) is 4.29. The molecular weight excluding hydrogens is 236 g/mol. The van der Waals surface area contributed by atoms with Crippen LogP contribution in [0.2, 0.25) is 0 Å². The van der Waals surface area contributed by atoms with E-state index in [1.165, 1.54) is 11.3 Å². The van der Waals surface area contributed by atoms with Crippen molar-refractivity contribution in [1.29, 1.82) is 0 Å². The lowest BCUT2D eigenvalue weighted by atomic mass is 10.2. The van der Waals surface area contributed by atoms with Gasteiger partial charge >= 0.3 is 0 Å². The van der Waals surface area contributed by atoms with Crippen molar-refractivity contribution in [1.82, 2.24) is 4.90 Å². The van der Waals surface area contributed by atoms with E-state index in [1.54, 1.807) is 11.0 Å². The summed E-state index contributed by atoms with van der Waals surface area (Å²) < 4.78 is 0. The predicted molar refractivity (Wildman–Crippen MR) is 71.3 cm³/mol. The zero-order valence-electron chi connectivity index (χ0n) is 10.6. The molecule has 1 rings (SSSR count). The van der Waals surface area contributed by atoms with Gasteiger partial charge in [0.15, 0.2) is 0 Å². The summed E-state index contributed by atoms with van der Waals surface area (Å²) in [5.74, 6) is -0.00162. The number of amides is 1. The molecule has 5 heteroatoms. The molecule has 0 fully saturated rings. The Balaban J connectivity index is 2.84. The number of nitrogens with two attached hydrogens (primary N) is 1. The number of aryl methyl sites for hydroxylation is 1. The maximum Gasteiger partial charge on any atom is 0.264 e. The van der Waals surface area contributed by atoms with Crippen LogP contribution < -0.4 is 5.73 Å². The van der Waals surface area contributed by atoms with Crippen molar-refractivity contribution < 1.29 is 9.90 Å². The molecule has 0 unspecified atom stereocenters. The summed E-state index contributed by atoms with van der Waals surface area (Å²) >= 11 is 1.42. The first kappa shape index (κ1) is 14.0. The second kappa shape index (κ2) is 6.02. The zero-order chi connectivity index (χ0) is 13.0. The number of nitrogens with zero attached hydrogens (tertiary/aromatic N) is 1. The molecule has 0 bridgehead atoms. The van der Waals surface area contributed by atoms with Gasteiger partial charge in [-0.05, 0) is 33.3 Å². The maximum atomic E-state index is 12.3. The highest BCUT2D eigenvalue weighted by atomic mass is 32.1. The molecule has 0 aromatic carbocycles. The Bertz CT molecular complexity index is 368. The van der Waals surface area contributed by atoms with Crippen LogP contribution in [-0.2, 0) is 0 Å². The first-order valence-electron chi connectivity index (χ1n) is 5.75. The van der Waals surface area contributed by atoms with E-state index in [4.69, 9.17) is 10.8 Å². The van der Waals surface area contributed by atoms with Crippen LogP contribution in [0.4, 0.5) is 5.69 Å². The SMILES string of the molecule is Cc1sc(C(=O)N(CCCO)C(C)C)cc1N. The van der Waals surface area contributed by atoms with Gasteiger partial charge in [-0.3, -0.25) is 4.79 Å². The fourth-order valence-corrected chi connectivity index (χ4v) is 2.48. The van der Waals surface area contributed by atoms with Gasteiger partial charge in [-0.2, -0.15) is 0 Å². The summed E-state index contributed by atoms with van der Waals surface area (Å²) in [6.45, 7) is 6.52. The minimum Gasteiger partial charge on any atom is -0.398 e. The largest absolute Gasteiger partial charge is 0.398 e. The van der Waals surface area contributed by atoms with Crippen molar-refractivity contribution in [2.45, 2.75) is 33.2 Å². The molecule has 1 aromatic rings. The van der Waals surface area contributed by atoms with Crippen molar-refractivity contribution >= 4 is 22.9 Å². The lowest BCUT2D eigenvalue weighted by molar-refractivity contribution is 0.0698. The van der Waals surface area contributed by atoms with Gasteiger partial charge in [0, 0.05) is 29.8 Å². The molecule has 0 aliphatic rings. The highest BCUT2D eigenvalue weighted by Crippen LogP contribution is 2.25. The van der Waals surface area contributed by atoms with E-state index < -0.39 is 0 Å². The summed E-state index contributed by atoms with van der Waals surface area (Å²) in [5, 5.41) is 8.84. The molecule has 1 amide bonds. The molecule has 0 saturated heterocycles. The molecule has 96 valence electrons. The molecule has 1 aromatic heterocycles. The number of carbonyl (C=O) groups excluding carboxylic acids is 1. The van der Waals surface area contributed by atoms with Crippen LogP contribution in [-0.4, -0.2) is 35.1 Å². The highest BCUT2D eigenvalue weighted by molar-refractivity contribution is 7.14. The van der Waals surface area contributed by atoms with Crippen LogP contribution in [0.15, 0.2) is 6.07 Å². The number of thiophene rings is 1. The first-order chi connectivity index (χ1) is 7.97. The third-order valence-electron chi connectivity index (χ3n) is 2.61. The van der Waals surface area contributed by atoms with Crippen LogP contribution in [0.3, 0.4) is 0 Å². The molecule has 3 N–H and O–H groups in total. The van der Waals surface area contributed by atoms with E-state index in [-0.39, 0.29) is 18.6 Å². The molecule has 0 radical (unpaired) electrons. The smallest absolute Gasteiger partial charge is 0.264 e. The van der Waals surface area contributed by atoms with E-state index in [0.717, 1.165) is 4.88 Å². The number of hydrogen-bond acceptors (Lipinski definition) is 4. The summed E-state index contributed by atoms with van der Waals surface area (Å²) in [6.07, 6.45) is 0.601. The van der Waals surface area contributed by atoms with Crippen LogP contribution in [0.25, 0.3) is 0 Å². The van der Waals surface area contributed by atoms with E-state index in [1.807, 2.05) is 20.8 Å². The minimum absolute atomic E-state index is 0.00162. The number of nitrogen functional groups attached to an aromatic ring is 1. The molecule has 0 saturated carbocycles. The van der Waals surface area contributed by atoms with Gasteiger partial charge < -0.3 is 15.7 Å². The Morgan fingerprint density at radius 2 is 2.24 bits per heavy atom. The molecule has 4 nitrogen and oxygen atoms in total. The second-order valence-corrected chi connectivity index (χ2v) is 5.55. The van der Waals surface area contributed by atoms with Gasteiger partial charge in [-0.25, -0.2) is 0 Å². The summed E-state index contributed by atoms with van der Waals surface area (Å²) in [6, 6.07) is 1.86. The monoisotopic (exact) mass is 256 g/mol. The van der Waals surface area contributed by atoms with Crippen molar-refractivity contribution in [3.8, 4) is 0 Å². The Morgan fingerprint density at radius 1 is 1.59 bits per heavy atom. The van der Waals surface area contributed by atoms with Crippen LogP contribution in [0.1, 0.15) is 34.8 Å². The third-order valence-corrected chi connectivity index (χ3v) is 3.66. The summed E-state index contributed by atoms with van der Waals surface area (Å²) in [7, 11) is 0. The highest BCUT2D eigenvalue weighted by Gasteiger charge is 2.20. The van der Waals surface area contributed by atoms with Crippen molar-refractivity contribution in [3.05, 3.63) is 15.8 Å². The Hall–Kier alpha value is -1.07. The van der Waals surface area contributed by atoms with E-state index >= 15 is 0 Å². The summed E-state index contributed by atoms with van der Waals surface area (Å²) in [5.41, 5.74) is 6.43. The first-order valence-corrected chi connectivity index (χ1v) is 6.56. The number of anilines is 1. The predicted octanol–water partition coefficient (Wildman–Crippen LogP) is 1.87. The number of carbonyl (C=O) groups is 1. The molecule has 0 atom stereocenters. The average Bonchev–Trinajstić information content (AvgIpc) is 2.59. The normalized spacial score (nSPS) is 10.9. The van der Waals surface area contributed by atoms with Gasteiger partial charge in [0.2, 0.25) is 0 Å². The maximum absolute atomic E-state index is 12.3. The molecule has 1 heterocycles. The Kier molecular flexibility index (Phi) is 4.96. The van der Waals surface area contributed by atoms with Gasteiger partial charge in [-0.15, -0.1) is 11.3 Å². The molecule has 0 spiro atoms. The molecular formula is C12H20N2O2S. The van der Waals surface area contributed by atoms with Crippen LogP contribution in [0, 0.1) is 6.92 Å². The topological polar surface area (TPSA) is 66.6 Å². The average molecular weight is 256 g/mol. The fourth-order valence-electron chi connectivity index (χ4n) is 1.58. The number of rotatable bonds is 5. The van der Waals surface area contributed by atoms with Crippen molar-refractivity contribution in [2.24, 2.45) is 0 Å². The van der Waals surface area contributed by atoms with Gasteiger partial charge in [0.1, 0.15) is 0 Å². The van der Waals surface area contributed by atoms with Gasteiger partial charge in [0.05, 0.1) is 4.88 Å². The van der Waals surface area contributed by atoms with E-state index in [2.05, 4.69) is 0 Å². The standard InChI is InChI=1S/C12H20N2O2S/c1-8(2)14(5-4-6-15)12(16)11-7-10(13)9(3)17-11/h7-8,15H,4-6,13H2,1-3H3. The summed E-state index contributed by atoms with van der Waals surface area (Å²) in [4.78, 5) is 15.7. The quantitative estimate of drug-likeness (QED) is 0.845. The van der Waals surface area contributed by atoms with Gasteiger partial charge in [-0.1, -0.05) is 0 Å². The lowest BCUT2D eigenvalue weighted by Gasteiger charge is -2.25. The number of aliphatic hydroxyl groups excluding tert-OH is 1. The van der Waals surface area contributed by atoms with Crippen molar-refractivity contribution in [3.63, 3.8) is 0 Å². The molecule has 0 aliphatic carbocycles. The molecule has 0 aliphatic heterocycles. The lowest BCUT2D eigenvalue weighted by Crippen LogP contribution is -2.37. The molecule has 17 heavy (non-hydrogen) atoms. The van der Waals surface area contributed by atoms with Crippen molar-refractivity contribution in [2.75, 3.05) is 18.9 Å². The van der Waals surface area contributed by atoms with E-state index in [0.29, 0.717) is 23.5 Å². The van der Waals surface area contributed by atoms with Crippen LogP contribution in [0.5, 0.6) is 0 Å². The third kappa shape index (κ3) is 3.44. The zero-order valence-corrected chi connectivity index (χ0v) is 11.4. The van der Waals surface area contributed by atoms with E-state index in [9.17, 15) is 4.79 Å². The Morgan fingerprint density at radius 3 is 2.65 bits per heavy atom.